The maximum Gasteiger partial charge on any atom is 0.306 e. The summed E-state index contributed by atoms with van der Waals surface area (Å²) in [6, 6.07) is 9.87. The van der Waals surface area contributed by atoms with Crippen LogP contribution in [0, 0.1) is 5.92 Å². The van der Waals surface area contributed by atoms with Crippen LogP contribution in [0.25, 0.3) is 0 Å². The molecule has 0 radical (unpaired) electrons. The van der Waals surface area contributed by atoms with Gasteiger partial charge >= 0.3 is 5.97 Å². The number of esters is 1. The van der Waals surface area contributed by atoms with E-state index >= 15 is 0 Å². The molecule has 0 aliphatic carbocycles. The number of nitrogens with zero attached hydrogens (tertiary/aromatic N) is 1. The van der Waals surface area contributed by atoms with Crippen LogP contribution >= 0.6 is 0 Å². The quantitative estimate of drug-likeness (QED) is 0.179. The van der Waals surface area contributed by atoms with Gasteiger partial charge in [0.1, 0.15) is 47.9 Å². The molecule has 360 valence electrons. The van der Waals surface area contributed by atoms with Gasteiger partial charge in [-0.2, -0.15) is 0 Å². The summed E-state index contributed by atoms with van der Waals surface area (Å²) in [6.07, 6.45) is 0.603. The van der Waals surface area contributed by atoms with E-state index < -0.39 is 101 Å². The van der Waals surface area contributed by atoms with E-state index in [0.717, 1.165) is 5.56 Å². The van der Waals surface area contributed by atoms with Gasteiger partial charge in [0.05, 0.1) is 0 Å². The smallest absolute Gasteiger partial charge is 0.306 e. The Balaban J connectivity index is 1.68. The first-order valence-electron chi connectivity index (χ1n) is 22.9. The Morgan fingerprint density at radius 1 is 0.652 bits per heavy atom. The average molecular weight is 917 g/mol. The van der Waals surface area contributed by atoms with Crippen LogP contribution in [0.1, 0.15) is 105 Å². The van der Waals surface area contributed by atoms with E-state index in [2.05, 4.69) is 37.2 Å². The molecule has 2 aromatic carbocycles. The van der Waals surface area contributed by atoms with Crippen molar-refractivity contribution in [2.45, 2.75) is 154 Å². The molecule has 2 aliphatic rings. The third kappa shape index (κ3) is 16.9. The molecule has 2 fully saturated rings. The second-order valence-electron chi connectivity index (χ2n) is 18.5. The van der Waals surface area contributed by atoms with Gasteiger partial charge in [-0.1, -0.05) is 74.5 Å². The summed E-state index contributed by atoms with van der Waals surface area (Å²) in [5, 5.41) is 19.1. The minimum Gasteiger partial charge on any atom is -0.460 e. The Hall–Kier alpha value is -6.33. The van der Waals surface area contributed by atoms with Crippen molar-refractivity contribution >= 4 is 53.2 Å². The third-order valence-electron chi connectivity index (χ3n) is 11.1. The van der Waals surface area contributed by atoms with Crippen LogP contribution in [0.15, 0.2) is 60.7 Å². The van der Waals surface area contributed by atoms with Crippen LogP contribution in [-0.2, 0) is 60.7 Å². The van der Waals surface area contributed by atoms with E-state index in [1.807, 2.05) is 19.9 Å². The topological polar surface area (TPSA) is 250 Å². The van der Waals surface area contributed by atoms with Crippen LogP contribution in [0.4, 0.5) is 0 Å². The number of ether oxygens (including phenoxy) is 1. The number of rotatable bonds is 9. The van der Waals surface area contributed by atoms with Crippen molar-refractivity contribution < 1.29 is 47.9 Å². The number of amides is 8. The summed E-state index contributed by atoms with van der Waals surface area (Å²) in [5.74, 6) is -5.80. The van der Waals surface area contributed by atoms with Crippen molar-refractivity contribution in [3.63, 3.8) is 0 Å². The van der Waals surface area contributed by atoms with Crippen LogP contribution in [0.2, 0.25) is 0 Å². The van der Waals surface area contributed by atoms with Crippen molar-refractivity contribution in [1.82, 2.24) is 42.1 Å². The second kappa shape index (κ2) is 24.8. The van der Waals surface area contributed by atoms with E-state index in [1.165, 1.54) is 18.7 Å². The van der Waals surface area contributed by atoms with Gasteiger partial charge in [-0.3, -0.25) is 43.2 Å². The molecule has 0 aromatic heterocycles. The molecule has 2 aliphatic heterocycles. The van der Waals surface area contributed by atoms with Gasteiger partial charge in [0.2, 0.25) is 47.3 Å². The monoisotopic (exact) mass is 917 g/mol. The lowest BCUT2D eigenvalue weighted by atomic mass is 10.00. The number of carbonyl (C=O) groups is 9. The first-order chi connectivity index (χ1) is 31.2. The third-order valence-corrected chi connectivity index (χ3v) is 11.1. The highest BCUT2D eigenvalue weighted by atomic mass is 16.6. The number of benzene rings is 2. The summed E-state index contributed by atoms with van der Waals surface area (Å²) in [6.45, 7) is 12.0. The molecule has 7 atom stereocenters. The molecule has 0 saturated carbocycles. The number of hydrogen-bond donors (Lipinski definition) is 7. The van der Waals surface area contributed by atoms with Gasteiger partial charge in [-0.25, -0.2) is 0 Å². The molecular formula is C48H68N8O10. The van der Waals surface area contributed by atoms with E-state index in [9.17, 15) is 43.2 Å². The van der Waals surface area contributed by atoms with Crippen LogP contribution in [0.5, 0.6) is 0 Å². The highest BCUT2D eigenvalue weighted by Crippen LogP contribution is 2.20. The number of nitrogens with one attached hydrogen (secondary N) is 7. The summed E-state index contributed by atoms with van der Waals surface area (Å²) in [7, 11) is 0. The van der Waals surface area contributed by atoms with Crippen LogP contribution in [-0.4, -0.2) is 119 Å². The predicted octanol–water partition coefficient (Wildman–Crippen LogP) is 1.49. The van der Waals surface area contributed by atoms with Crippen molar-refractivity contribution in [1.29, 1.82) is 0 Å². The average Bonchev–Trinajstić information content (AvgIpc) is 3.75. The van der Waals surface area contributed by atoms with Gasteiger partial charge in [0.15, 0.2) is 0 Å². The van der Waals surface area contributed by atoms with Gasteiger partial charge in [0, 0.05) is 38.8 Å². The lowest BCUT2D eigenvalue weighted by molar-refractivity contribution is -0.155. The lowest BCUT2D eigenvalue weighted by Gasteiger charge is -2.30. The molecule has 18 nitrogen and oxygen atoms in total. The predicted molar refractivity (Wildman–Crippen MR) is 245 cm³/mol. The molecule has 7 N–H and O–H groups in total. The SMILES string of the molecule is CC(C)C[C@@H]1NC(=O)[C@H](CCC(=O)OC(C)(C)C)NC(=O)[C@@H]2CCCN2C(=O)[C@H](C)NC(=O)[C@H](Cc2ccccc2)NC(=O)CCCNC(=O)[C@H](C)NC(=O)[C@H](Cc2ccccc2)NC1=O. The van der Waals surface area contributed by atoms with E-state index in [0.29, 0.717) is 12.0 Å². The molecule has 0 bridgehead atoms. The Labute approximate surface area is 387 Å². The van der Waals surface area contributed by atoms with E-state index in [-0.39, 0.29) is 70.4 Å². The minimum absolute atomic E-state index is 0.0390. The Bertz CT molecular complexity index is 2030. The van der Waals surface area contributed by atoms with Crippen molar-refractivity contribution in [2.24, 2.45) is 5.92 Å². The molecule has 18 heteroatoms. The summed E-state index contributed by atoms with van der Waals surface area (Å²) >= 11 is 0. The summed E-state index contributed by atoms with van der Waals surface area (Å²) < 4.78 is 5.48. The zero-order valence-electron chi connectivity index (χ0n) is 39.2. The zero-order valence-corrected chi connectivity index (χ0v) is 39.2. The van der Waals surface area contributed by atoms with Gasteiger partial charge in [0.25, 0.3) is 0 Å². The maximum absolute atomic E-state index is 14.3. The first-order valence-corrected chi connectivity index (χ1v) is 22.9. The van der Waals surface area contributed by atoms with Crippen LogP contribution in [0.3, 0.4) is 0 Å². The molecule has 2 heterocycles. The normalized spacial score (nSPS) is 25.0. The fraction of sp³-hybridized carbons (Fsp3) is 0.562. The number of hydrogen-bond acceptors (Lipinski definition) is 10. The molecule has 0 spiro atoms. The largest absolute Gasteiger partial charge is 0.460 e. The number of fused-ring (bicyclic) bond motifs is 1. The molecule has 66 heavy (non-hydrogen) atoms. The van der Waals surface area contributed by atoms with Crippen molar-refractivity contribution in [3.8, 4) is 0 Å². The first kappa shape index (κ1) is 52.3. The molecule has 2 saturated heterocycles. The zero-order chi connectivity index (χ0) is 48.6. The van der Waals surface area contributed by atoms with E-state index in [4.69, 9.17) is 4.74 Å². The highest BCUT2D eigenvalue weighted by Gasteiger charge is 2.39. The lowest BCUT2D eigenvalue weighted by Crippen LogP contribution is -2.60. The standard InChI is InChI=1S/C48H68N8O10/c1-29(2)26-35-45(63)55-37(28-33-18-12-9-13-19-33)44(62)50-30(3)41(59)49-24-14-21-39(57)52-36(27-32-16-10-8-11-17-32)43(61)51-31(4)47(65)56-25-15-20-38(56)46(64)53-34(42(60)54-35)22-23-40(58)66-48(5,6)7/h8-13,16-19,29-31,34-38H,14-15,20-28H2,1-7H3,(H,49,59)(H,50,62)(H,51,61)(H,52,57)(H,53,64)(H,54,60)(H,55,63)/t30-,31-,34-,35-,36-,37-,38-/m0/s1. The second-order valence-corrected chi connectivity index (χ2v) is 18.5. The number of carbonyl (C=O) groups excluding carboxylic acids is 9. The Kier molecular flexibility index (Phi) is 19.7. The van der Waals surface area contributed by atoms with Crippen molar-refractivity contribution in [2.75, 3.05) is 13.1 Å². The minimum atomic E-state index is -1.37. The van der Waals surface area contributed by atoms with Gasteiger partial charge in [-0.15, -0.1) is 0 Å². The fourth-order valence-electron chi connectivity index (χ4n) is 7.74. The van der Waals surface area contributed by atoms with Crippen molar-refractivity contribution in [3.05, 3.63) is 71.8 Å². The summed E-state index contributed by atoms with van der Waals surface area (Å²) in [5.41, 5.74) is 0.629. The molecule has 4 rings (SSSR count). The molecular weight excluding hydrogens is 849 g/mol. The Morgan fingerprint density at radius 2 is 1.17 bits per heavy atom. The molecule has 0 unspecified atom stereocenters. The maximum atomic E-state index is 14.3. The Morgan fingerprint density at radius 3 is 1.74 bits per heavy atom. The van der Waals surface area contributed by atoms with Gasteiger partial charge < -0.3 is 46.9 Å². The molecule has 8 amide bonds. The molecule has 2 aromatic rings. The highest BCUT2D eigenvalue weighted by molar-refractivity contribution is 5.98. The van der Waals surface area contributed by atoms with Gasteiger partial charge in [-0.05, 0) is 83.8 Å². The van der Waals surface area contributed by atoms with E-state index in [1.54, 1.807) is 75.4 Å². The summed E-state index contributed by atoms with van der Waals surface area (Å²) in [4.78, 5) is 125. The fourth-order valence-corrected chi connectivity index (χ4v) is 7.74. The van der Waals surface area contributed by atoms with Crippen LogP contribution < -0.4 is 37.2 Å².